The summed E-state index contributed by atoms with van der Waals surface area (Å²) >= 11 is 0. The third-order valence-corrected chi connectivity index (χ3v) is 6.00. The molecule has 3 N–H and O–H groups in total. The van der Waals surface area contributed by atoms with E-state index in [9.17, 15) is 9.18 Å². The molecule has 0 fully saturated rings. The Bertz CT molecular complexity index is 1740. The van der Waals surface area contributed by atoms with E-state index in [0.717, 1.165) is 22.0 Å². The second-order valence-electron chi connectivity index (χ2n) is 8.29. The summed E-state index contributed by atoms with van der Waals surface area (Å²) < 4.78 is 14.5. The first-order chi connectivity index (χ1) is 17.6. The molecule has 4 aromatic heterocycles. The summed E-state index contributed by atoms with van der Waals surface area (Å²) in [7, 11) is 0. The zero-order valence-electron chi connectivity index (χ0n) is 19.2. The molecule has 2 aromatic carbocycles. The number of anilines is 1. The quantitative estimate of drug-likeness (QED) is 0.294. The van der Waals surface area contributed by atoms with Crippen molar-refractivity contribution < 1.29 is 9.18 Å². The Kier molecular flexibility index (Phi) is 5.22. The van der Waals surface area contributed by atoms with Gasteiger partial charge in [-0.15, -0.1) is 0 Å². The Balaban J connectivity index is 1.41. The number of aromatic amines is 2. The number of para-hydroxylation sites is 1. The summed E-state index contributed by atoms with van der Waals surface area (Å²) in [5.41, 5.74) is 5.53. The average molecular weight is 478 g/mol. The molecule has 0 atom stereocenters. The third kappa shape index (κ3) is 3.76. The van der Waals surface area contributed by atoms with Gasteiger partial charge in [-0.3, -0.25) is 9.89 Å². The van der Waals surface area contributed by atoms with Crippen molar-refractivity contribution in [3.63, 3.8) is 0 Å². The number of nitrogens with one attached hydrogen (secondary N) is 3. The van der Waals surface area contributed by atoms with Gasteiger partial charge in [0.2, 0.25) is 5.91 Å². The van der Waals surface area contributed by atoms with Gasteiger partial charge in [-0.1, -0.05) is 37.3 Å². The van der Waals surface area contributed by atoms with Gasteiger partial charge < -0.3 is 10.3 Å². The van der Waals surface area contributed by atoms with E-state index in [-0.39, 0.29) is 11.7 Å². The molecule has 176 valence electrons. The topological polar surface area (TPSA) is 112 Å². The smallest absolute Gasteiger partial charge is 0.225 e. The van der Waals surface area contributed by atoms with Crippen LogP contribution in [0.25, 0.3) is 55.8 Å². The van der Waals surface area contributed by atoms with Gasteiger partial charge in [0.05, 0.1) is 16.4 Å². The van der Waals surface area contributed by atoms with Gasteiger partial charge in [0.1, 0.15) is 17.3 Å². The van der Waals surface area contributed by atoms with Gasteiger partial charge >= 0.3 is 0 Å². The fraction of sp³-hybridized carbons (Fsp3) is 0.0741. The Morgan fingerprint density at radius 1 is 0.972 bits per heavy atom. The summed E-state index contributed by atoms with van der Waals surface area (Å²) in [6.07, 6.45) is 3.81. The minimum atomic E-state index is -0.303. The third-order valence-electron chi connectivity index (χ3n) is 6.00. The second-order valence-corrected chi connectivity index (χ2v) is 8.29. The molecule has 0 aliphatic heterocycles. The van der Waals surface area contributed by atoms with Crippen molar-refractivity contribution in [2.24, 2.45) is 0 Å². The predicted octanol–water partition coefficient (Wildman–Crippen LogP) is 5.72. The number of amides is 1. The Morgan fingerprint density at radius 3 is 2.61 bits per heavy atom. The molecule has 0 unspecified atom stereocenters. The highest BCUT2D eigenvalue weighted by Gasteiger charge is 2.17. The number of hydrogen-bond donors (Lipinski definition) is 3. The molecule has 0 aliphatic carbocycles. The first kappa shape index (κ1) is 21.6. The Labute approximate surface area is 204 Å². The lowest BCUT2D eigenvalue weighted by molar-refractivity contribution is -0.115. The SMILES string of the molecule is CCC(=O)Nc1ccc(-c2cnc3[nH]nc(-c4nc5c(-c6ccccc6F)cccc5[nH]4)c3c2)cn1. The number of benzene rings is 2. The lowest BCUT2D eigenvalue weighted by Gasteiger charge is -2.05. The Hall–Kier alpha value is -4.92. The summed E-state index contributed by atoms with van der Waals surface area (Å²) in [6.45, 7) is 1.79. The van der Waals surface area contributed by atoms with Crippen molar-refractivity contribution in [2.75, 3.05) is 5.32 Å². The minimum Gasteiger partial charge on any atom is -0.337 e. The fourth-order valence-corrected chi connectivity index (χ4v) is 4.15. The van der Waals surface area contributed by atoms with Crippen LogP contribution in [-0.2, 0) is 4.79 Å². The Morgan fingerprint density at radius 2 is 1.81 bits per heavy atom. The molecule has 1 amide bonds. The molecule has 9 heteroatoms. The van der Waals surface area contributed by atoms with Crippen molar-refractivity contribution in [1.82, 2.24) is 30.1 Å². The number of carbonyl (C=O) groups is 1. The van der Waals surface area contributed by atoms with Crippen molar-refractivity contribution in [2.45, 2.75) is 13.3 Å². The van der Waals surface area contributed by atoms with Gasteiger partial charge in [0.15, 0.2) is 11.5 Å². The predicted molar refractivity (Wildman–Crippen MR) is 137 cm³/mol. The number of carbonyl (C=O) groups excluding carboxylic acids is 1. The van der Waals surface area contributed by atoms with Crippen LogP contribution in [0, 0.1) is 5.82 Å². The number of H-pyrrole nitrogens is 2. The van der Waals surface area contributed by atoms with Gasteiger partial charge in [0.25, 0.3) is 0 Å². The van der Waals surface area contributed by atoms with Crippen LogP contribution in [0.15, 0.2) is 73.1 Å². The van der Waals surface area contributed by atoms with Crippen molar-refractivity contribution in [1.29, 1.82) is 0 Å². The number of rotatable bonds is 5. The summed E-state index contributed by atoms with van der Waals surface area (Å²) in [4.78, 5) is 28.6. The van der Waals surface area contributed by atoms with Crippen molar-refractivity contribution in [3.05, 3.63) is 78.9 Å². The molecular weight excluding hydrogens is 457 g/mol. The molecule has 0 bridgehead atoms. The molecule has 0 radical (unpaired) electrons. The fourth-order valence-electron chi connectivity index (χ4n) is 4.15. The van der Waals surface area contributed by atoms with Gasteiger partial charge in [-0.25, -0.2) is 19.3 Å². The number of nitrogens with zero attached hydrogens (tertiary/aromatic N) is 4. The molecule has 6 aromatic rings. The van der Waals surface area contributed by atoms with E-state index < -0.39 is 0 Å². The van der Waals surface area contributed by atoms with E-state index in [1.807, 2.05) is 30.3 Å². The first-order valence-corrected chi connectivity index (χ1v) is 11.4. The van der Waals surface area contributed by atoms with Crippen LogP contribution in [0.5, 0.6) is 0 Å². The van der Waals surface area contributed by atoms with Crippen LogP contribution in [0.4, 0.5) is 10.2 Å². The van der Waals surface area contributed by atoms with E-state index in [1.165, 1.54) is 6.07 Å². The summed E-state index contributed by atoms with van der Waals surface area (Å²) in [5.74, 6) is 0.652. The zero-order chi connectivity index (χ0) is 24.6. The number of fused-ring (bicyclic) bond motifs is 2. The number of imidazole rings is 1. The number of pyridine rings is 2. The van der Waals surface area contributed by atoms with Crippen LogP contribution in [-0.4, -0.2) is 36.0 Å². The normalized spacial score (nSPS) is 11.3. The standard InChI is InChI=1S/C27H20FN7O/c1-2-23(36)32-22-11-10-15(13-29-22)16-12-19-25(34-35-26(19)30-14-16)27-31-21-9-5-7-18(24(21)33-27)17-6-3-4-8-20(17)28/h3-14H,2H2,1H3,(H,31,33)(H,29,32,36)(H,30,34,35). The highest BCUT2D eigenvalue weighted by atomic mass is 19.1. The second kappa shape index (κ2) is 8.70. The summed E-state index contributed by atoms with van der Waals surface area (Å²) in [5, 5.41) is 10.9. The minimum absolute atomic E-state index is 0.0922. The van der Waals surface area contributed by atoms with Gasteiger partial charge in [-0.2, -0.15) is 5.10 Å². The van der Waals surface area contributed by atoms with E-state index >= 15 is 0 Å². The highest BCUT2D eigenvalue weighted by Crippen LogP contribution is 2.33. The van der Waals surface area contributed by atoms with Crippen molar-refractivity contribution >= 4 is 33.8 Å². The average Bonchev–Trinajstić information content (AvgIpc) is 3.53. The first-order valence-electron chi connectivity index (χ1n) is 11.4. The van der Waals surface area contributed by atoms with Crippen LogP contribution < -0.4 is 5.32 Å². The number of aromatic nitrogens is 6. The van der Waals surface area contributed by atoms with Gasteiger partial charge in [0, 0.05) is 41.1 Å². The van der Waals surface area contributed by atoms with E-state index in [0.29, 0.717) is 46.0 Å². The molecule has 0 aliphatic rings. The van der Waals surface area contributed by atoms with E-state index in [1.54, 1.807) is 43.6 Å². The number of halogens is 1. The monoisotopic (exact) mass is 477 g/mol. The maximum Gasteiger partial charge on any atom is 0.225 e. The maximum absolute atomic E-state index is 14.5. The van der Waals surface area contributed by atoms with Crippen LogP contribution >= 0.6 is 0 Å². The van der Waals surface area contributed by atoms with Gasteiger partial charge in [-0.05, 0) is 30.3 Å². The maximum atomic E-state index is 14.5. The molecular formula is C27H20FN7O. The van der Waals surface area contributed by atoms with Crippen LogP contribution in [0.1, 0.15) is 13.3 Å². The molecule has 0 saturated heterocycles. The highest BCUT2D eigenvalue weighted by molar-refractivity contribution is 5.97. The van der Waals surface area contributed by atoms with Crippen molar-refractivity contribution in [3.8, 4) is 33.8 Å². The van der Waals surface area contributed by atoms with Crippen LogP contribution in [0.2, 0.25) is 0 Å². The molecule has 36 heavy (non-hydrogen) atoms. The molecule has 4 heterocycles. The largest absolute Gasteiger partial charge is 0.337 e. The molecule has 0 spiro atoms. The van der Waals surface area contributed by atoms with E-state index in [4.69, 9.17) is 4.98 Å². The lowest BCUT2D eigenvalue weighted by atomic mass is 10.0. The zero-order valence-corrected chi connectivity index (χ0v) is 19.2. The number of hydrogen-bond acceptors (Lipinski definition) is 5. The summed E-state index contributed by atoms with van der Waals surface area (Å²) in [6, 6.07) is 17.9. The van der Waals surface area contributed by atoms with E-state index in [2.05, 4.69) is 30.5 Å². The lowest BCUT2D eigenvalue weighted by Crippen LogP contribution is -2.10. The molecule has 6 rings (SSSR count). The molecule has 0 saturated carbocycles. The van der Waals surface area contributed by atoms with Crippen LogP contribution in [0.3, 0.4) is 0 Å². The molecule has 8 nitrogen and oxygen atoms in total.